The summed E-state index contributed by atoms with van der Waals surface area (Å²) in [5, 5.41) is 14.4. The lowest BCUT2D eigenvalue weighted by Crippen LogP contribution is -2.31. The zero-order valence-electron chi connectivity index (χ0n) is 14.7. The zero-order valence-corrected chi connectivity index (χ0v) is 15.4. The molecule has 0 radical (unpaired) electrons. The molecular formula is C17H24ClN5O2. The van der Waals surface area contributed by atoms with Crippen molar-refractivity contribution in [1.82, 2.24) is 14.8 Å². The van der Waals surface area contributed by atoms with Crippen LogP contribution in [-0.2, 0) is 6.54 Å². The number of rotatable bonds is 8. The van der Waals surface area contributed by atoms with Gasteiger partial charge in [-0.1, -0.05) is 43.5 Å². The molecule has 1 aliphatic rings. The third-order valence-electron chi connectivity index (χ3n) is 4.13. The molecule has 25 heavy (non-hydrogen) atoms. The Morgan fingerprint density at radius 3 is 2.84 bits per heavy atom. The molecule has 0 spiro atoms. The predicted molar refractivity (Wildman–Crippen MR) is 98.7 cm³/mol. The van der Waals surface area contributed by atoms with Gasteiger partial charge in [-0.15, -0.1) is 0 Å². The van der Waals surface area contributed by atoms with Gasteiger partial charge in [-0.05, 0) is 30.9 Å². The van der Waals surface area contributed by atoms with Crippen LogP contribution in [-0.4, -0.2) is 38.9 Å². The summed E-state index contributed by atoms with van der Waals surface area (Å²) in [6.07, 6.45) is 7.90. The van der Waals surface area contributed by atoms with Crippen LogP contribution in [0.2, 0.25) is 5.15 Å². The molecule has 1 aromatic heterocycles. The summed E-state index contributed by atoms with van der Waals surface area (Å²) in [5.41, 5.74) is 2.22. The molecular weight excluding hydrogens is 342 g/mol. The molecule has 0 aliphatic carbocycles. The second-order valence-corrected chi connectivity index (χ2v) is 6.37. The monoisotopic (exact) mass is 365 g/mol. The lowest BCUT2D eigenvalue weighted by molar-refractivity contribution is -0.486. The van der Waals surface area contributed by atoms with Crippen molar-refractivity contribution in [1.29, 1.82) is 0 Å². The fourth-order valence-electron chi connectivity index (χ4n) is 2.75. The molecule has 0 unspecified atom stereocenters. The van der Waals surface area contributed by atoms with Gasteiger partial charge in [-0.3, -0.25) is 0 Å². The number of unbranched alkanes of at least 4 members (excludes halogenated alkanes) is 1. The Balaban J connectivity index is 2.17. The Kier molecular flexibility index (Phi) is 7.18. The molecule has 1 saturated heterocycles. The highest BCUT2D eigenvalue weighted by atomic mass is 35.5. The average molecular weight is 366 g/mol. The minimum absolute atomic E-state index is 0.377. The van der Waals surface area contributed by atoms with Crippen molar-refractivity contribution in [2.45, 2.75) is 46.1 Å². The van der Waals surface area contributed by atoms with Crippen molar-refractivity contribution < 1.29 is 5.03 Å². The highest BCUT2D eigenvalue weighted by Crippen LogP contribution is 2.19. The highest BCUT2D eigenvalue weighted by Gasteiger charge is 2.28. The van der Waals surface area contributed by atoms with E-state index >= 15 is 0 Å². The Bertz CT molecular complexity index is 645. The Labute approximate surface area is 153 Å². The molecule has 0 atom stereocenters. The van der Waals surface area contributed by atoms with Crippen molar-refractivity contribution in [3.05, 3.63) is 50.9 Å². The number of nitrogens with zero attached hydrogens (tertiary/aromatic N) is 5. The van der Waals surface area contributed by atoms with Gasteiger partial charge in [0, 0.05) is 32.0 Å². The summed E-state index contributed by atoms with van der Waals surface area (Å²) in [6.45, 7) is 6.14. The lowest BCUT2D eigenvalue weighted by atomic mass is 10.1. The second-order valence-electron chi connectivity index (χ2n) is 5.99. The van der Waals surface area contributed by atoms with Crippen LogP contribution in [0.4, 0.5) is 0 Å². The van der Waals surface area contributed by atoms with Gasteiger partial charge in [0.1, 0.15) is 10.3 Å². The molecule has 7 nitrogen and oxygen atoms in total. The molecule has 8 heteroatoms. The minimum atomic E-state index is -0.633. The van der Waals surface area contributed by atoms with Gasteiger partial charge in [-0.2, -0.15) is 0 Å². The van der Waals surface area contributed by atoms with Crippen LogP contribution in [0.25, 0.3) is 0 Å². The van der Waals surface area contributed by atoms with E-state index in [1.165, 1.54) is 5.57 Å². The molecule has 1 fully saturated rings. The van der Waals surface area contributed by atoms with Gasteiger partial charge < -0.3 is 9.80 Å². The molecule has 0 aromatic carbocycles. The summed E-state index contributed by atoms with van der Waals surface area (Å²) in [4.78, 5) is 18.8. The summed E-state index contributed by atoms with van der Waals surface area (Å²) >= 11 is 5.81. The highest BCUT2D eigenvalue weighted by molar-refractivity contribution is 6.29. The summed E-state index contributed by atoms with van der Waals surface area (Å²) < 4.78 is 0. The van der Waals surface area contributed by atoms with E-state index in [9.17, 15) is 10.1 Å². The summed E-state index contributed by atoms with van der Waals surface area (Å²) in [5.74, 6) is 0.377. The number of guanidine groups is 1. The number of hydrazone groups is 1. The van der Waals surface area contributed by atoms with Gasteiger partial charge >= 0.3 is 0 Å². The van der Waals surface area contributed by atoms with E-state index in [0.29, 0.717) is 30.7 Å². The van der Waals surface area contributed by atoms with Crippen molar-refractivity contribution in [3.8, 4) is 0 Å². The van der Waals surface area contributed by atoms with Crippen molar-refractivity contribution in [2.75, 3.05) is 13.1 Å². The first-order chi connectivity index (χ1) is 12.0. The van der Waals surface area contributed by atoms with Crippen LogP contribution in [0.3, 0.4) is 0 Å². The first kappa shape index (κ1) is 19.2. The van der Waals surface area contributed by atoms with Crippen LogP contribution in [0.15, 0.2) is 35.2 Å². The molecule has 2 heterocycles. The summed E-state index contributed by atoms with van der Waals surface area (Å²) in [7, 11) is 0. The molecule has 136 valence electrons. The maximum atomic E-state index is 11.0. The van der Waals surface area contributed by atoms with E-state index in [2.05, 4.69) is 23.9 Å². The molecule has 1 aromatic rings. The first-order valence-corrected chi connectivity index (χ1v) is 8.95. The first-order valence-electron chi connectivity index (χ1n) is 8.58. The van der Waals surface area contributed by atoms with E-state index in [1.54, 1.807) is 12.3 Å². The second kappa shape index (κ2) is 9.36. The number of hydrogen-bond acceptors (Lipinski definition) is 3. The fraction of sp³-hybridized carbons (Fsp3) is 0.529. The Morgan fingerprint density at radius 2 is 2.24 bits per heavy atom. The zero-order chi connectivity index (χ0) is 18.2. The van der Waals surface area contributed by atoms with Gasteiger partial charge in [0.2, 0.25) is 0 Å². The van der Waals surface area contributed by atoms with Crippen LogP contribution in [0.1, 0.15) is 45.1 Å². The number of aromatic nitrogens is 1. The maximum absolute atomic E-state index is 11.0. The maximum Gasteiger partial charge on any atom is 0.278 e. The topological polar surface area (TPSA) is 74.9 Å². The molecule has 0 amide bonds. The average Bonchev–Trinajstić information content (AvgIpc) is 2.94. The van der Waals surface area contributed by atoms with Gasteiger partial charge in [0.05, 0.1) is 0 Å². The van der Waals surface area contributed by atoms with Crippen LogP contribution >= 0.6 is 11.6 Å². The fourth-order valence-corrected chi connectivity index (χ4v) is 2.86. The third kappa shape index (κ3) is 5.70. The quantitative estimate of drug-likeness (QED) is 0.397. The van der Waals surface area contributed by atoms with Crippen molar-refractivity contribution >= 4 is 17.6 Å². The van der Waals surface area contributed by atoms with Gasteiger partial charge in [0.15, 0.2) is 5.03 Å². The molecule has 0 saturated carbocycles. The predicted octanol–water partition coefficient (Wildman–Crippen LogP) is 3.88. The molecule has 2 rings (SSSR count). The van der Waals surface area contributed by atoms with E-state index in [-0.39, 0.29) is 0 Å². The smallest absolute Gasteiger partial charge is 0.278 e. The number of halogens is 1. The lowest BCUT2D eigenvalue weighted by Gasteiger charge is -2.19. The van der Waals surface area contributed by atoms with E-state index in [1.807, 2.05) is 22.1 Å². The minimum Gasteiger partial charge on any atom is -0.331 e. The van der Waals surface area contributed by atoms with Crippen LogP contribution < -0.4 is 0 Å². The van der Waals surface area contributed by atoms with E-state index in [4.69, 9.17) is 11.6 Å². The standard InChI is InChI=1S/C17H24ClN5O2/c1-3-5-6-14(4-2)12-21-9-10-22(17(21)20-23(24)25)13-15-7-8-16(18)19-11-15/h7-8,11-12H,3-6,9-10,13H2,1-2H3/b14-12+,20-17+. The number of pyridine rings is 1. The molecule has 0 bridgehead atoms. The number of allylic oxidation sites excluding steroid dienone is 1. The van der Waals surface area contributed by atoms with Gasteiger partial charge in [0.25, 0.3) is 5.96 Å². The number of nitro groups is 1. The van der Waals surface area contributed by atoms with Crippen molar-refractivity contribution in [2.24, 2.45) is 5.10 Å². The van der Waals surface area contributed by atoms with E-state index < -0.39 is 5.03 Å². The summed E-state index contributed by atoms with van der Waals surface area (Å²) in [6, 6.07) is 3.59. The Hall–Kier alpha value is -2.15. The van der Waals surface area contributed by atoms with Gasteiger partial charge in [-0.25, -0.2) is 15.1 Å². The molecule has 0 N–H and O–H groups in total. The normalized spacial score (nSPS) is 16.8. The SMILES string of the molecule is CCCC/C(=C/N1CCN(Cc2ccc(Cl)nc2)/C1=N/[N+](=O)[O-])CC. The van der Waals surface area contributed by atoms with Crippen molar-refractivity contribution in [3.63, 3.8) is 0 Å². The largest absolute Gasteiger partial charge is 0.331 e. The van der Waals surface area contributed by atoms with Crippen LogP contribution in [0.5, 0.6) is 0 Å². The van der Waals surface area contributed by atoms with E-state index in [0.717, 1.165) is 31.2 Å². The Morgan fingerprint density at radius 1 is 1.44 bits per heavy atom. The van der Waals surface area contributed by atoms with Crippen LogP contribution in [0, 0.1) is 10.1 Å². The number of hydrogen-bond donors (Lipinski definition) is 0. The molecule has 1 aliphatic heterocycles. The third-order valence-corrected chi connectivity index (χ3v) is 4.35.